The average Bonchev–Trinajstić information content (AvgIpc) is 2.56. The molecule has 4 nitrogen and oxygen atoms in total. The Morgan fingerprint density at radius 3 is 2.58 bits per heavy atom. The van der Waals surface area contributed by atoms with Crippen LogP contribution in [0, 0.1) is 5.82 Å². The quantitative estimate of drug-likeness (QED) is 0.797. The van der Waals surface area contributed by atoms with Crippen molar-refractivity contribution in [3.05, 3.63) is 64.9 Å². The van der Waals surface area contributed by atoms with Gasteiger partial charge in [0.15, 0.2) is 6.61 Å². The summed E-state index contributed by atoms with van der Waals surface area (Å²) in [6.07, 6.45) is 0.175. The Bertz CT molecular complexity index is 721. The molecule has 0 saturated heterocycles. The number of hydrogen-bond donors (Lipinski definition) is 1. The Labute approximate surface area is 144 Å². The highest BCUT2D eigenvalue weighted by molar-refractivity contribution is 6.33. The van der Waals surface area contributed by atoms with Gasteiger partial charge in [-0.25, -0.2) is 4.39 Å². The number of rotatable bonds is 6. The lowest BCUT2D eigenvalue weighted by Crippen LogP contribution is -2.21. The van der Waals surface area contributed by atoms with Gasteiger partial charge in [0.1, 0.15) is 5.82 Å². The molecule has 0 aliphatic carbocycles. The van der Waals surface area contributed by atoms with E-state index in [0.717, 1.165) is 11.6 Å². The van der Waals surface area contributed by atoms with Gasteiger partial charge in [-0.2, -0.15) is 0 Å². The van der Waals surface area contributed by atoms with Crippen molar-refractivity contribution in [3.8, 4) is 0 Å². The lowest BCUT2D eigenvalue weighted by Gasteiger charge is -2.12. The number of anilines is 1. The number of carbonyl (C=O) groups excluding carboxylic acids is 2. The van der Waals surface area contributed by atoms with Gasteiger partial charge in [-0.1, -0.05) is 48.9 Å². The summed E-state index contributed by atoms with van der Waals surface area (Å²) in [7, 11) is 0. The Morgan fingerprint density at radius 1 is 1.21 bits per heavy atom. The fourth-order valence-electron chi connectivity index (χ4n) is 2.13. The van der Waals surface area contributed by atoms with Gasteiger partial charge in [-0.15, -0.1) is 0 Å². The summed E-state index contributed by atoms with van der Waals surface area (Å²) < 4.78 is 17.9. The summed E-state index contributed by atoms with van der Waals surface area (Å²) in [5.41, 5.74) is 1.29. The van der Waals surface area contributed by atoms with E-state index in [1.54, 1.807) is 0 Å². The van der Waals surface area contributed by atoms with Crippen molar-refractivity contribution >= 4 is 29.2 Å². The van der Waals surface area contributed by atoms with Crippen LogP contribution in [0.2, 0.25) is 5.02 Å². The van der Waals surface area contributed by atoms with Gasteiger partial charge in [-0.3, -0.25) is 9.59 Å². The SMILES string of the molecule is C[C@@H](CC(=O)OCC(=O)Nc1ccc(F)cc1Cl)c1ccccc1. The van der Waals surface area contributed by atoms with E-state index < -0.39 is 24.3 Å². The Kier molecular flexibility index (Phi) is 6.32. The zero-order valence-electron chi connectivity index (χ0n) is 13.1. The average molecular weight is 350 g/mol. The van der Waals surface area contributed by atoms with Crippen LogP contribution in [0.3, 0.4) is 0 Å². The topological polar surface area (TPSA) is 55.4 Å². The van der Waals surface area contributed by atoms with E-state index in [-0.39, 0.29) is 23.0 Å². The fourth-order valence-corrected chi connectivity index (χ4v) is 2.35. The monoisotopic (exact) mass is 349 g/mol. The molecule has 0 unspecified atom stereocenters. The molecule has 1 amide bonds. The first-order chi connectivity index (χ1) is 11.5. The van der Waals surface area contributed by atoms with Gasteiger partial charge < -0.3 is 10.1 Å². The van der Waals surface area contributed by atoms with Crippen molar-refractivity contribution in [3.63, 3.8) is 0 Å². The number of halogens is 2. The van der Waals surface area contributed by atoms with Crippen LogP contribution in [0.1, 0.15) is 24.8 Å². The molecular formula is C18H17ClFNO3. The third kappa shape index (κ3) is 5.35. The molecule has 126 valence electrons. The van der Waals surface area contributed by atoms with E-state index in [9.17, 15) is 14.0 Å². The maximum Gasteiger partial charge on any atom is 0.306 e. The molecule has 2 rings (SSSR count). The van der Waals surface area contributed by atoms with Crippen LogP contribution in [0.15, 0.2) is 48.5 Å². The molecule has 6 heteroatoms. The second-order valence-electron chi connectivity index (χ2n) is 5.35. The van der Waals surface area contributed by atoms with Gasteiger partial charge in [0.25, 0.3) is 5.91 Å². The molecule has 2 aromatic rings. The second-order valence-corrected chi connectivity index (χ2v) is 5.76. The standard InChI is InChI=1S/C18H17ClFNO3/c1-12(13-5-3-2-4-6-13)9-18(23)24-11-17(22)21-16-8-7-14(20)10-15(16)19/h2-8,10,12H,9,11H2,1H3,(H,21,22)/t12-/m0/s1. The first-order valence-electron chi connectivity index (χ1n) is 7.41. The predicted molar refractivity (Wildman–Crippen MR) is 90.5 cm³/mol. The highest BCUT2D eigenvalue weighted by Gasteiger charge is 2.14. The molecule has 24 heavy (non-hydrogen) atoms. The van der Waals surface area contributed by atoms with E-state index in [4.69, 9.17) is 16.3 Å². The Balaban J connectivity index is 1.80. The summed E-state index contributed by atoms with van der Waals surface area (Å²) in [5, 5.41) is 2.54. The minimum Gasteiger partial charge on any atom is -0.456 e. The van der Waals surface area contributed by atoms with E-state index in [2.05, 4.69) is 5.32 Å². The molecule has 0 spiro atoms. The molecule has 1 N–H and O–H groups in total. The van der Waals surface area contributed by atoms with Crippen molar-refractivity contribution in [1.82, 2.24) is 0 Å². The number of carbonyl (C=O) groups is 2. The summed E-state index contributed by atoms with van der Waals surface area (Å²) in [6, 6.07) is 13.2. The van der Waals surface area contributed by atoms with Crippen molar-refractivity contribution in [2.45, 2.75) is 19.3 Å². The minimum atomic E-state index is -0.538. The third-order valence-corrected chi connectivity index (χ3v) is 3.72. The van der Waals surface area contributed by atoms with E-state index in [0.29, 0.717) is 0 Å². The Morgan fingerprint density at radius 2 is 1.92 bits per heavy atom. The normalized spacial score (nSPS) is 11.6. The molecule has 2 aromatic carbocycles. The van der Waals surface area contributed by atoms with Gasteiger partial charge in [0.05, 0.1) is 17.1 Å². The van der Waals surface area contributed by atoms with Crippen LogP contribution in [0.25, 0.3) is 0 Å². The van der Waals surface area contributed by atoms with Gasteiger partial charge in [0, 0.05) is 0 Å². The molecule has 0 aliphatic heterocycles. The van der Waals surface area contributed by atoms with Crippen LogP contribution >= 0.6 is 11.6 Å². The smallest absolute Gasteiger partial charge is 0.306 e. The predicted octanol–water partition coefficient (Wildman–Crippen LogP) is 4.15. The molecule has 0 bridgehead atoms. The summed E-state index contributed by atoms with van der Waals surface area (Å²) in [6.45, 7) is 1.49. The fraction of sp³-hybridized carbons (Fsp3) is 0.222. The maximum absolute atomic E-state index is 12.9. The largest absolute Gasteiger partial charge is 0.456 e. The summed E-state index contributed by atoms with van der Waals surface area (Å²) in [4.78, 5) is 23.6. The lowest BCUT2D eigenvalue weighted by molar-refractivity contribution is -0.147. The molecule has 1 atom stereocenters. The van der Waals surface area contributed by atoms with Crippen molar-refractivity contribution in [1.29, 1.82) is 0 Å². The molecule has 0 aliphatic rings. The van der Waals surface area contributed by atoms with E-state index >= 15 is 0 Å². The molecule has 0 radical (unpaired) electrons. The number of ether oxygens (including phenoxy) is 1. The molecule has 0 fully saturated rings. The zero-order valence-corrected chi connectivity index (χ0v) is 13.8. The van der Waals surface area contributed by atoms with Crippen LogP contribution < -0.4 is 5.32 Å². The maximum atomic E-state index is 12.9. The highest BCUT2D eigenvalue weighted by atomic mass is 35.5. The van der Waals surface area contributed by atoms with Crippen molar-refractivity contribution in [2.24, 2.45) is 0 Å². The van der Waals surface area contributed by atoms with Gasteiger partial charge in [-0.05, 0) is 29.7 Å². The summed E-state index contributed by atoms with van der Waals surface area (Å²) >= 11 is 5.81. The molecular weight excluding hydrogens is 333 g/mol. The third-order valence-electron chi connectivity index (χ3n) is 3.41. The molecule has 0 saturated carbocycles. The Hall–Kier alpha value is -2.40. The van der Waals surface area contributed by atoms with Crippen LogP contribution in [-0.4, -0.2) is 18.5 Å². The lowest BCUT2D eigenvalue weighted by atomic mass is 9.98. The summed E-state index contributed by atoms with van der Waals surface area (Å²) in [5.74, 6) is -1.51. The van der Waals surface area contributed by atoms with Gasteiger partial charge >= 0.3 is 5.97 Å². The number of amides is 1. The van der Waals surface area contributed by atoms with E-state index in [1.807, 2.05) is 37.3 Å². The highest BCUT2D eigenvalue weighted by Crippen LogP contribution is 2.22. The van der Waals surface area contributed by atoms with Crippen LogP contribution in [0.4, 0.5) is 10.1 Å². The number of benzene rings is 2. The van der Waals surface area contributed by atoms with Crippen molar-refractivity contribution < 1.29 is 18.7 Å². The minimum absolute atomic E-state index is 0.00620. The van der Waals surface area contributed by atoms with Crippen LogP contribution in [-0.2, 0) is 14.3 Å². The second kappa shape index (κ2) is 8.45. The first-order valence-corrected chi connectivity index (χ1v) is 7.79. The van der Waals surface area contributed by atoms with E-state index in [1.165, 1.54) is 12.1 Å². The molecule has 0 aromatic heterocycles. The number of esters is 1. The molecule has 0 heterocycles. The van der Waals surface area contributed by atoms with Gasteiger partial charge in [0.2, 0.25) is 0 Å². The van der Waals surface area contributed by atoms with Crippen LogP contribution in [0.5, 0.6) is 0 Å². The number of hydrogen-bond acceptors (Lipinski definition) is 3. The first kappa shape index (κ1) is 17.9. The number of nitrogens with one attached hydrogen (secondary N) is 1. The zero-order chi connectivity index (χ0) is 17.5. The van der Waals surface area contributed by atoms with Crippen molar-refractivity contribution in [2.75, 3.05) is 11.9 Å².